The first-order chi connectivity index (χ1) is 7.63. The first-order valence-corrected chi connectivity index (χ1v) is 6.56. The van der Waals surface area contributed by atoms with Gasteiger partial charge in [-0.3, -0.25) is 0 Å². The molecule has 1 aliphatic rings. The predicted octanol–water partition coefficient (Wildman–Crippen LogP) is 3.41. The number of nitrogens with one attached hydrogen (secondary N) is 1. The van der Waals surface area contributed by atoms with E-state index in [2.05, 4.69) is 28.2 Å². The fourth-order valence-electron chi connectivity index (χ4n) is 2.00. The number of hydrogen-bond donors (Lipinski definition) is 2. The Morgan fingerprint density at radius 2 is 2.12 bits per heavy atom. The first kappa shape index (κ1) is 11.9. The smallest absolute Gasteiger partial charge is 0.0658 e. The number of benzene rings is 1. The molecule has 88 valence electrons. The molecule has 1 aromatic rings. The molecule has 1 unspecified atom stereocenters. The van der Waals surface area contributed by atoms with Crippen LogP contribution in [0.3, 0.4) is 0 Å². The molecular weight excluding hydrogens is 266 g/mol. The monoisotopic (exact) mass is 283 g/mol. The van der Waals surface area contributed by atoms with Crippen molar-refractivity contribution in [3.8, 4) is 0 Å². The molecule has 1 atom stereocenters. The van der Waals surface area contributed by atoms with Gasteiger partial charge in [-0.2, -0.15) is 0 Å². The maximum absolute atomic E-state index is 9.54. The normalized spacial score (nSPS) is 19.2. The van der Waals surface area contributed by atoms with Gasteiger partial charge < -0.3 is 10.4 Å². The number of halogens is 1. The minimum absolute atomic E-state index is 0.171. The van der Waals surface area contributed by atoms with Crippen LogP contribution in [0.4, 0.5) is 5.69 Å². The lowest BCUT2D eigenvalue weighted by molar-refractivity contribution is 0.209. The van der Waals surface area contributed by atoms with Crippen LogP contribution in [-0.2, 0) is 0 Å². The summed E-state index contributed by atoms with van der Waals surface area (Å²) in [5.74, 6) is 0.798. The van der Waals surface area contributed by atoms with Crippen molar-refractivity contribution in [1.29, 1.82) is 0 Å². The van der Waals surface area contributed by atoms with E-state index in [4.69, 9.17) is 0 Å². The van der Waals surface area contributed by atoms with Crippen LogP contribution in [0.15, 0.2) is 28.7 Å². The van der Waals surface area contributed by atoms with Crippen molar-refractivity contribution in [3.05, 3.63) is 28.7 Å². The van der Waals surface area contributed by atoms with Gasteiger partial charge in [0.1, 0.15) is 0 Å². The molecule has 1 aliphatic carbocycles. The molecule has 16 heavy (non-hydrogen) atoms. The van der Waals surface area contributed by atoms with Gasteiger partial charge in [-0.15, -0.1) is 0 Å². The van der Waals surface area contributed by atoms with Gasteiger partial charge in [-0.25, -0.2) is 0 Å². The Bertz CT molecular complexity index is 365. The molecule has 2 nitrogen and oxygen atoms in total. The van der Waals surface area contributed by atoms with Crippen molar-refractivity contribution in [3.63, 3.8) is 0 Å². The van der Waals surface area contributed by atoms with Crippen molar-refractivity contribution < 1.29 is 5.11 Å². The maximum atomic E-state index is 9.54. The molecule has 1 aromatic carbocycles. The highest BCUT2D eigenvalue weighted by Gasteiger charge is 2.33. The van der Waals surface area contributed by atoms with Crippen LogP contribution in [0.5, 0.6) is 0 Å². The van der Waals surface area contributed by atoms with Crippen LogP contribution < -0.4 is 5.32 Å². The van der Waals surface area contributed by atoms with Crippen LogP contribution in [0.1, 0.15) is 26.2 Å². The zero-order chi connectivity index (χ0) is 11.6. The van der Waals surface area contributed by atoms with E-state index in [1.54, 1.807) is 0 Å². The molecule has 0 spiro atoms. The van der Waals surface area contributed by atoms with Gasteiger partial charge >= 0.3 is 0 Å². The lowest BCUT2D eigenvalue weighted by atomic mass is 9.95. The third kappa shape index (κ3) is 2.98. The third-order valence-electron chi connectivity index (χ3n) is 3.10. The molecule has 0 heterocycles. The molecule has 0 amide bonds. The van der Waals surface area contributed by atoms with Gasteiger partial charge in [0.2, 0.25) is 0 Å². The molecule has 0 bridgehead atoms. The minimum Gasteiger partial charge on any atom is -0.394 e. The molecule has 0 radical (unpaired) electrons. The molecule has 0 saturated heterocycles. The van der Waals surface area contributed by atoms with E-state index in [0.29, 0.717) is 0 Å². The van der Waals surface area contributed by atoms with Crippen molar-refractivity contribution in [2.75, 3.05) is 11.9 Å². The average Bonchev–Trinajstić information content (AvgIpc) is 3.05. The average molecular weight is 284 g/mol. The largest absolute Gasteiger partial charge is 0.394 e. The second-order valence-electron chi connectivity index (χ2n) is 4.97. The Hall–Kier alpha value is -0.540. The van der Waals surface area contributed by atoms with Gasteiger partial charge in [-0.05, 0) is 47.3 Å². The maximum Gasteiger partial charge on any atom is 0.0658 e. The number of anilines is 1. The highest BCUT2D eigenvalue weighted by Crippen LogP contribution is 2.38. The third-order valence-corrected chi connectivity index (χ3v) is 3.79. The summed E-state index contributed by atoms with van der Waals surface area (Å²) in [5.41, 5.74) is 0.852. The fourth-order valence-corrected chi connectivity index (χ4v) is 2.39. The summed E-state index contributed by atoms with van der Waals surface area (Å²) < 4.78 is 1.05. The summed E-state index contributed by atoms with van der Waals surface area (Å²) in [4.78, 5) is 0. The SMILES string of the molecule is CC(CO)(CC1CC1)Nc1ccccc1Br. The van der Waals surface area contributed by atoms with Crippen LogP contribution in [0.25, 0.3) is 0 Å². The quantitative estimate of drug-likeness (QED) is 0.868. The summed E-state index contributed by atoms with van der Waals surface area (Å²) in [5, 5.41) is 13.0. The number of rotatable bonds is 5. The number of hydrogen-bond acceptors (Lipinski definition) is 2. The summed E-state index contributed by atoms with van der Waals surface area (Å²) >= 11 is 3.52. The highest BCUT2D eigenvalue weighted by atomic mass is 79.9. The van der Waals surface area contributed by atoms with E-state index in [0.717, 1.165) is 22.5 Å². The molecule has 2 N–H and O–H groups in total. The Kier molecular flexibility index (Phi) is 3.55. The Morgan fingerprint density at radius 3 is 2.69 bits per heavy atom. The molecule has 0 aromatic heterocycles. The van der Waals surface area contributed by atoms with Gasteiger partial charge in [0.25, 0.3) is 0 Å². The number of aliphatic hydroxyl groups excluding tert-OH is 1. The molecule has 2 rings (SSSR count). The molecular formula is C13H18BrNO. The van der Waals surface area contributed by atoms with Crippen molar-refractivity contribution in [2.24, 2.45) is 5.92 Å². The topological polar surface area (TPSA) is 32.3 Å². The van der Waals surface area contributed by atoms with E-state index >= 15 is 0 Å². The standard InChI is InChI=1S/C13H18BrNO/c1-13(9-16,8-10-6-7-10)15-12-5-3-2-4-11(12)14/h2-5,10,15-16H,6-9H2,1H3. The predicted molar refractivity (Wildman–Crippen MR) is 70.6 cm³/mol. The van der Waals surface area contributed by atoms with Crippen molar-refractivity contribution in [2.45, 2.75) is 31.7 Å². The van der Waals surface area contributed by atoms with Gasteiger partial charge in [-0.1, -0.05) is 25.0 Å². The van der Waals surface area contributed by atoms with Crippen molar-refractivity contribution >= 4 is 21.6 Å². The van der Waals surface area contributed by atoms with E-state index in [1.165, 1.54) is 12.8 Å². The molecule has 0 aliphatic heterocycles. The molecule has 1 fully saturated rings. The lowest BCUT2D eigenvalue weighted by Gasteiger charge is -2.30. The zero-order valence-electron chi connectivity index (χ0n) is 9.54. The minimum atomic E-state index is -0.203. The van der Waals surface area contributed by atoms with Gasteiger partial charge in [0.05, 0.1) is 12.1 Å². The van der Waals surface area contributed by atoms with Gasteiger partial charge in [0, 0.05) is 10.2 Å². The Labute approximate surface area is 105 Å². The van der Waals surface area contributed by atoms with E-state index in [1.807, 2.05) is 24.3 Å². The summed E-state index contributed by atoms with van der Waals surface area (Å²) in [6.07, 6.45) is 3.67. The summed E-state index contributed by atoms with van der Waals surface area (Å²) in [6.45, 7) is 2.26. The van der Waals surface area contributed by atoms with E-state index in [-0.39, 0.29) is 12.1 Å². The number of aliphatic hydroxyl groups is 1. The van der Waals surface area contributed by atoms with E-state index in [9.17, 15) is 5.11 Å². The summed E-state index contributed by atoms with van der Waals surface area (Å²) in [7, 11) is 0. The second-order valence-corrected chi connectivity index (χ2v) is 5.83. The highest BCUT2D eigenvalue weighted by molar-refractivity contribution is 9.10. The van der Waals surface area contributed by atoms with Gasteiger partial charge in [0.15, 0.2) is 0 Å². The molecule has 1 saturated carbocycles. The van der Waals surface area contributed by atoms with Crippen LogP contribution in [0.2, 0.25) is 0 Å². The van der Waals surface area contributed by atoms with Crippen LogP contribution in [-0.4, -0.2) is 17.3 Å². The van der Waals surface area contributed by atoms with E-state index < -0.39 is 0 Å². The number of para-hydroxylation sites is 1. The Morgan fingerprint density at radius 1 is 1.44 bits per heavy atom. The van der Waals surface area contributed by atoms with Crippen LogP contribution in [0, 0.1) is 5.92 Å². The lowest BCUT2D eigenvalue weighted by Crippen LogP contribution is -2.39. The first-order valence-electron chi connectivity index (χ1n) is 5.76. The molecule has 3 heteroatoms. The summed E-state index contributed by atoms with van der Waals surface area (Å²) in [6, 6.07) is 8.04. The Balaban J connectivity index is 2.07. The fraction of sp³-hybridized carbons (Fsp3) is 0.538. The van der Waals surface area contributed by atoms with Crippen molar-refractivity contribution in [1.82, 2.24) is 0 Å². The van der Waals surface area contributed by atoms with Crippen LogP contribution >= 0.6 is 15.9 Å². The second kappa shape index (κ2) is 4.76. The zero-order valence-corrected chi connectivity index (χ0v) is 11.1.